The number of fused-ring (bicyclic) bond motifs is 1. The van der Waals surface area contributed by atoms with Crippen molar-refractivity contribution in [3.8, 4) is 11.8 Å². The zero-order valence-electron chi connectivity index (χ0n) is 17.6. The van der Waals surface area contributed by atoms with Crippen LogP contribution in [0, 0.1) is 18.3 Å². The van der Waals surface area contributed by atoms with Crippen LogP contribution in [0.1, 0.15) is 43.0 Å². The molecule has 0 spiro atoms. The minimum absolute atomic E-state index is 0.0306. The van der Waals surface area contributed by atoms with Crippen molar-refractivity contribution in [1.29, 1.82) is 5.26 Å². The highest BCUT2D eigenvalue weighted by atomic mass is 35.5. The molecule has 7 heteroatoms. The maximum Gasteiger partial charge on any atom is 0.258 e. The molecule has 1 aliphatic rings. The molecule has 2 aromatic rings. The smallest absolute Gasteiger partial charge is 0.258 e. The van der Waals surface area contributed by atoms with E-state index in [0.717, 1.165) is 37.3 Å². The number of pyridine rings is 1. The number of nitriles is 1. The molecule has 30 heavy (non-hydrogen) atoms. The molecule has 3 rings (SSSR count). The van der Waals surface area contributed by atoms with Gasteiger partial charge < -0.3 is 19.9 Å². The molecule has 0 saturated heterocycles. The first-order valence-electron chi connectivity index (χ1n) is 10.2. The van der Waals surface area contributed by atoms with Crippen molar-refractivity contribution in [3.05, 3.63) is 74.0 Å². The van der Waals surface area contributed by atoms with Gasteiger partial charge in [0.25, 0.3) is 5.56 Å². The summed E-state index contributed by atoms with van der Waals surface area (Å²) in [6, 6.07) is 11.1. The van der Waals surface area contributed by atoms with Gasteiger partial charge in [0, 0.05) is 23.3 Å². The maximum absolute atomic E-state index is 13.5. The highest BCUT2D eigenvalue weighted by Gasteiger charge is 2.34. The summed E-state index contributed by atoms with van der Waals surface area (Å²) in [4.78, 5) is 15.9. The Kier molecular flexibility index (Phi) is 6.86. The molecule has 6 nitrogen and oxygen atoms in total. The normalized spacial score (nSPS) is 15.7. The molecule has 0 radical (unpaired) electrons. The van der Waals surface area contributed by atoms with E-state index in [4.69, 9.17) is 22.1 Å². The van der Waals surface area contributed by atoms with Gasteiger partial charge in [-0.2, -0.15) is 5.26 Å². The van der Waals surface area contributed by atoms with Crippen LogP contribution in [0.3, 0.4) is 0 Å². The van der Waals surface area contributed by atoms with Gasteiger partial charge in [-0.15, -0.1) is 0 Å². The van der Waals surface area contributed by atoms with Crippen molar-refractivity contribution in [2.24, 2.45) is 5.73 Å². The van der Waals surface area contributed by atoms with E-state index >= 15 is 0 Å². The maximum atomic E-state index is 13.5. The number of hydrogen-bond donors (Lipinski definition) is 1. The van der Waals surface area contributed by atoms with Crippen LogP contribution in [0.2, 0.25) is 5.02 Å². The summed E-state index contributed by atoms with van der Waals surface area (Å²) in [6.45, 7) is 9.64. The number of halogens is 1. The lowest BCUT2D eigenvalue weighted by atomic mass is 9.84. The molecule has 1 aromatic heterocycles. The number of aromatic nitrogens is 1. The second kappa shape index (κ2) is 9.38. The Morgan fingerprint density at radius 2 is 1.93 bits per heavy atom. The molecule has 0 fully saturated rings. The Hall–Kier alpha value is -2.75. The highest BCUT2D eigenvalue weighted by molar-refractivity contribution is 6.30. The van der Waals surface area contributed by atoms with Crippen LogP contribution in [0.5, 0.6) is 5.75 Å². The zero-order chi connectivity index (χ0) is 21.8. The van der Waals surface area contributed by atoms with E-state index in [1.807, 2.05) is 25.1 Å². The van der Waals surface area contributed by atoms with Crippen molar-refractivity contribution >= 4 is 11.6 Å². The van der Waals surface area contributed by atoms with Crippen LogP contribution in [-0.4, -0.2) is 29.1 Å². The lowest BCUT2D eigenvalue weighted by Gasteiger charge is -2.27. The fourth-order valence-electron chi connectivity index (χ4n) is 3.94. The van der Waals surface area contributed by atoms with Crippen molar-refractivity contribution in [1.82, 2.24) is 9.47 Å². The summed E-state index contributed by atoms with van der Waals surface area (Å²) in [5.41, 5.74) is 8.15. The molecule has 1 aromatic carbocycles. The Labute approximate surface area is 182 Å². The van der Waals surface area contributed by atoms with Crippen molar-refractivity contribution in [2.45, 2.75) is 39.7 Å². The van der Waals surface area contributed by atoms with Gasteiger partial charge >= 0.3 is 0 Å². The molecular formula is C23H27ClN4O2. The Morgan fingerprint density at radius 3 is 2.53 bits per heavy atom. The summed E-state index contributed by atoms with van der Waals surface area (Å²) in [6.07, 6.45) is 0.858. The third-order valence-corrected chi connectivity index (χ3v) is 5.90. The molecule has 1 atom stereocenters. The zero-order valence-corrected chi connectivity index (χ0v) is 18.4. The number of benzene rings is 1. The van der Waals surface area contributed by atoms with E-state index in [2.05, 4.69) is 24.8 Å². The van der Waals surface area contributed by atoms with E-state index in [9.17, 15) is 10.1 Å². The minimum atomic E-state index is -0.585. The lowest BCUT2D eigenvalue weighted by Crippen LogP contribution is -2.33. The minimum Gasteiger partial charge on any atom is -0.440 e. The summed E-state index contributed by atoms with van der Waals surface area (Å²) in [7, 11) is 0. The number of aryl methyl sites for hydroxylation is 1. The second-order valence-electron chi connectivity index (χ2n) is 7.38. The number of ether oxygens (including phenoxy) is 1. The summed E-state index contributed by atoms with van der Waals surface area (Å²) >= 11 is 6.04. The van der Waals surface area contributed by atoms with Gasteiger partial charge in [0.2, 0.25) is 5.88 Å². The second-order valence-corrected chi connectivity index (χ2v) is 7.81. The topological polar surface area (TPSA) is 84.3 Å². The van der Waals surface area contributed by atoms with Crippen LogP contribution in [0.15, 0.2) is 46.6 Å². The number of nitrogens with two attached hydrogens (primary N) is 1. The monoisotopic (exact) mass is 426 g/mol. The Bertz CT molecular complexity index is 1050. The van der Waals surface area contributed by atoms with Crippen LogP contribution >= 0.6 is 11.6 Å². The Morgan fingerprint density at radius 1 is 1.27 bits per heavy atom. The first-order valence-corrected chi connectivity index (χ1v) is 10.6. The number of allylic oxidation sites excluding steroid dienone is 1. The summed E-state index contributed by atoms with van der Waals surface area (Å²) in [5, 5.41) is 10.3. The van der Waals surface area contributed by atoms with Gasteiger partial charge in [-0.25, -0.2) is 0 Å². The quantitative estimate of drug-likeness (QED) is 0.728. The van der Waals surface area contributed by atoms with Gasteiger partial charge in [0.1, 0.15) is 17.4 Å². The average Bonchev–Trinajstić information content (AvgIpc) is 2.73. The predicted octanol–water partition coefficient (Wildman–Crippen LogP) is 3.76. The first-order chi connectivity index (χ1) is 14.4. The molecule has 1 aliphatic heterocycles. The fraction of sp³-hybridized carbons (Fsp3) is 0.391. The Balaban J connectivity index is 2.06. The van der Waals surface area contributed by atoms with Crippen molar-refractivity contribution < 1.29 is 4.74 Å². The third kappa shape index (κ3) is 4.23. The SMILES string of the molecule is CCN(CC)CCCn1c(C)cc2c(c1=O)[C@H](c1ccc(Cl)cc1)C(C#N)=C(N)O2. The molecule has 0 bridgehead atoms. The van der Waals surface area contributed by atoms with Gasteiger partial charge in [-0.05, 0) is 50.7 Å². The number of rotatable bonds is 7. The molecule has 0 aliphatic carbocycles. The van der Waals surface area contributed by atoms with Crippen LogP contribution in [-0.2, 0) is 6.54 Å². The molecule has 0 saturated carbocycles. The highest BCUT2D eigenvalue weighted by Crippen LogP contribution is 2.40. The van der Waals surface area contributed by atoms with Gasteiger partial charge in [0.15, 0.2) is 0 Å². The van der Waals surface area contributed by atoms with Crippen LogP contribution < -0.4 is 16.0 Å². The van der Waals surface area contributed by atoms with E-state index in [1.165, 1.54) is 0 Å². The first kappa shape index (κ1) is 21.9. The molecule has 2 N–H and O–H groups in total. The predicted molar refractivity (Wildman–Crippen MR) is 119 cm³/mol. The lowest BCUT2D eigenvalue weighted by molar-refractivity contribution is 0.292. The van der Waals surface area contributed by atoms with E-state index in [-0.39, 0.29) is 17.0 Å². The average molecular weight is 427 g/mol. The standard InChI is InChI=1S/C23H27ClN4O2/c1-4-27(5-2)11-6-12-28-15(3)13-19-21(23(28)29)20(18(14-25)22(26)30-19)16-7-9-17(24)10-8-16/h7-10,13,20H,4-6,11-12,26H2,1-3H3/t20-/m1/s1. The van der Waals surface area contributed by atoms with E-state index in [1.54, 1.807) is 16.7 Å². The van der Waals surface area contributed by atoms with E-state index < -0.39 is 5.92 Å². The molecule has 158 valence electrons. The number of nitrogens with zero attached hydrogens (tertiary/aromatic N) is 3. The summed E-state index contributed by atoms with van der Waals surface area (Å²) in [5.74, 6) is -0.143. The summed E-state index contributed by atoms with van der Waals surface area (Å²) < 4.78 is 7.46. The molecule has 0 unspecified atom stereocenters. The van der Waals surface area contributed by atoms with Crippen molar-refractivity contribution in [3.63, 3.8) is 0 Å². The third-order valence-electron chi connectivity index (χ3n) is 5.64. The van der Waals surface area contributed by atoms with Crippen LogP contribution in [0.4, 0.5) is 0 Å². The molecule has 2 heterocycles. The number of hydrogen-bond acceptors (Lipinski definition) is 5. The van der Waals surface area contributed by atoms with Gasteiger partial charge in [-0.1, -0.05) is 37.6 Å². The van der Waals surface area contributed by atoms with Gasteiger partial charge in [-0.3, -0.25) is 4.79 Å². The molecule has 0 amide bonds. The fourth-order valence-corrected chi connectivity index (χ4v) is 4.07. The van der Waals surface area contributed by atoms with E-state index in [0.29, 0.717) is 22.9 Å². The van der Waals surface area contributed by atoms with Gasteiger partial charge in [0.05, 0.1) is 11.5 Å². The molecular weight excluding hydrogens is 400 g/mol. The van der Waals surface area contributed by atoms with Crippen molar-refractivity contribution in [2.75, 3.05) is 19.6 Å². The van der Waals surface area contributed by atoms with Crippen LogP contribution in [0.25, 0.3) is 0 Å². The largest absolute Gasteiger partial charge is 0.440 e.